The molecule has 3 N–H and O–H groups in total. The fraction of sp³-hybridized carbons (Fsp3) is 0.766. The minimum absolute atomic E-state index is 0.0753. The van der Waals surface area contributed by atoms with Crippen molar-refractivity contribution >= 4 is 39.5 Å². The molecule has 5 atom stereocenters. The number of esters is 4. The highest BCUT2D eigenvalue weighted by molar-refractivity contribution is 7.47. The van der Waals surface area contributed by atoms with Gasteiger partial charge in [-0.3, -0.25) is 37.3 Å². The first kappa shape index (κ1) is 92.2. The number of unbranched alkanes of at least 4 members (excludes halogenated alkanes) is 31. The van der Waals surface area contributed by atoms with Crippen LogP contribution >= 0.6 is 15.6 Å². The maximum Gasteiger partial charge on any atom is 0.472 e. The van der Waals surface area contributed by atoms with Crippen LogP contribution in [0.4, 0.5) is 0 Å². The second-order valence-electron chi connectivity index (χ2n) is 25.2. The lowest BCUT2D eigenvalue weighted by Crippen LogP contribution is -2.30. The van der Waals surface area contributed by atoms with Crippen LogP contribution in [-0.4, -0.2) is 96.7 Å². The molecule has 0 radical (unpaired) electrons. The molecule has 0 aliphatic carbocycles. The number of hydrogen-bond donors (Lipinski definition) is 3. The Morgan fingerprint density at radius 1 is 0.302 bits per heavy atom. The number of ether oxygens (including phenoxy) is 4. The zero-order chi connectivity index (χ0) is 70.4. The van der Waals surface area contributed by atoms with Crippen molar-refractivity contribution in [2.24, 2.45) is 0 Å². The van der Waals surface area contributed by atoms with E-state index in [1.807, 2.05) is 0 Å². The number of aliphatic hydroxyl groups excluding tert-OH is 1. The molecule has 0 aliphatic heterocycles. The molecule has 0 aliphatic rings. The molecule has 17 nitrogen and oxygen atoms in total. The molecular formula is C77H136O17P2. The van der Waals surface area contributed by atoms with Gasteiger partial charge in [0.05, 0.1) is 26.4 Å². The zero-order valence-electron chi connectivity index (χ0n) is 60.5. The third kappa shape index (κ3) is 68.8. The zero-order valence-corrected chi connectivity index (χ0v) is 62.3. The maximum absolute atomic E-state index is 13.1. The first-order chi connectivity index (χ1) is 46.7. The number of carbonyl (C=O) groups excluding carboxylic acids is 4. The molecule has 0 aromatic rings. The Balaban J connectivity index is 5.34. The van der Waals surface area contributed by atoms with Crippen LogP contribution in [-0.2, 0) is 65.4 Å². The third-order valence-electron chi connectivity index (χ3n) is 15.8. The van der Waals surface area contributed by atoms with Gasteiger partial charge in [-0.25, -0.2) is 9.13 Å². The van der Waals surface area contributed by atoms with Gasteiger partial charge in [-0.05, 0) is 109 Å². The first-order valence-corrected chi connectivity index (χ1v) is 40.8. The molecule has 0 rings (SSSR count). The number of carbonyl (C=O) groups is 4. The van der Waals surface area contributed by atoms with Crippen LogP contribution in [0.15, 0.2) is 85.1 Å². The number of rotatable bonds is 71. The molecule has 19 heteroatoms. The molecule has 5 unspecified atom stereocenters. The Morgan fingerprint density at radius 3 is 0.875 bits per heavy atom. The van der Waals surface area contributed by atoms with Crippen molar-refractivity contribution in [1.29, 1.82) is 0 Å². The molecule has 96 heavy (non-hydrogen) atoms. The Morgan fingerprint density at radius 2 is 0.562 bits per heavy atom. The Labute approximate surface area is 583 Å². The fourth-order valence-electron chi connectivity index (χ4n) is 10.1. The van der Waals surface area contributed by atoms with Gasteiger partial charge in [0.1, 0.15) is 19.3 Å². The minimum Gasteiger partial charge on any atom is -0.462 e. The summed E-state index contributed by atoms with van der Waals surface area (Å²) in [5.74, 6) is -2.21. The largest absolute Gasteiger partial charge is 0.472 e. The van der Waals surface area contributed by atoms with Crippen molar-refractivity contribution in [1.82, 2.24) is 0 Å². The second-order valence-corrected chi connectivity index (χ2v) is 28.1. The highest BCUT2D eigenvalue weighted by Gasteiger charge is 2.30. The van der Waals surface area contributed by atoms with Crippen LogP contribution in [0.2, 0.25) is 0 Å². The molecule has 0 amide bonds. The minimum atomic E-state index is -4.98. The topological polar surface area (TPSA) is 237 Å². The quantitative estimate of drug-likeness (QED) is 0.0169. The van der Waals surface area contributed by atoms with Gasteiger partial charge in [0.25, 0.3) is 0 Å². The van der Waals surface area contributed by atoms with Crippen molar-refractivity contribution in [2.75, 3.05) is 39.6 Å². The molecule has 0 saturated heterocycles. The normalized spacial score (nSPS) is 14.4. The molecule has 0 bridgehead atoms. The highest BCUT2D eigenvalue weighted by atomic mass is 31.2. The van der Waals surface area contributed by atoms with Crippen LogP contribution in [0.1, 0.15) is 323 Å². The molecule has 0 aromatic carbocycles. The summed E-state index contributed by atoms with van der Waals surface area (Å²) >= 11 is 0. The maximum atomic E-state index is 13.1. The van der Waals surface area contributed by atoms with Gasteiger partial charge in [-0.2, -0.15) is 0 Å². The number of allylic oxidation sites excluding steroid dienone is 14. The monoisotopic (exact) mass is 1390 g/mol. The predicted molar refractivity (Wildman–Crippen MR) is 390 cm³/mol. The first-order valence-electron chi connectivity index (χ1n) is 37.8. The summed E-state index contributed by atoms with van der Waals surface area (Å²) in [6, 6.07) is 0. The van der Waals surface area contributed by atoms with Crippen molar-refractivity contribution in [3.05, 3.63) is 85.1 Å². The SMILES string of the molecule is CC/C=C\C/C=C\C/C=C\CCCCCCCC(=O)OCC(COP(=O)(O)OCC(O)COP(=O)(O)OCC(COC(=O)CCCCCCCCCCCCCCCCC)OC(=O)CCCCCCC/C=C\C/C=C\CCC)OC(=O)CCCCCCC/C=C\C/C=C\CCC. The third-order valence-corrected chi connectivity index (χ3v) is 17.7. The van der Waals surface area contributed by atoms with E-state index in [4.69, 9.17) is 37.0 Å². The predicted octanol–water partition coefficient (Wildman–Crippen LogP) is 21.4. The van der Waals surface area contributed by atoms with Gasteiger partial charge in [0.2, 0.25) is 0 Å². The van der Waals surface area contributed by atoms with Gasteiger partial charge in [0, 0.05) is 25.7 Å². The van der Waals surface area contributed by atoms with Gasteiger partial charge >= 0.3 is 39.5 Å². The summed E-state index contributed by atoms with van der Waals surface area (Å²) in [4.78, 5) is 72.8. The van der Waals surface area contributed by atoms with E-state index in [0.717, 1.165) is 173 Å². The van der Waals surface area contributed by atoms with Crippen LogP contribution in [0.25, 0.3) is 0 Å². The van der Waals surface area contributed by atoms with Gasteiger partial charge in [0.15, 0.2) is 12.2 Å². The lowest BCUT2D eigenvalue weighted by molar-refractivity contribution is -0.161. The highest BCUT2D eigenvalue weighted by Crippen LogP contribution is 2.45. The fourth-order valence-corrected chi connectivity index (χ4v) is 11.7. The van der Waals surface area contributed by atoms with Crippen LogP contribution in [0.3, 0.4) is 0 Å². The van der Waals surface area contributed by atoms with Crippen molar-refractivity contribution < 1.29 is 80.2 Å². The van der Waals surface area contributed by atoms with Crippen LogP contribution in [0.5, 0.6) is 0 Å². The molecule has 556 valence electrons. The summed E-state index contributed by atoms with van der Waals surface area (Å²) in [5.41, 5.74) is 0. The number of hydrogen-bond acceptors (Lipinski definition) is 15. The number of aliphatic hydroxyl groups is 1. The molecule has 0 aromatic heterocycles. The summed E-state index contributed by atoms with van der Waals surface area (Å²) in [6.07, 6.45) is 70.0. The Bertz CT molecular complexity index is 2160. The van der Waals surface area contributed by atoms with Gasteiger partial charge in [-0.15, -0.1) is 0 Å². The average molecular weight is 1400 g/mol. The lowest BCUT2D eigenvalue weighted by Gasteiger charge is -2.21. The number of phosphoric ester groups is 2. The summed E-state index contributed by atoms with van der Waals surface area (Å²) in [6.45, 7) is 4.61. The van der Waals surface area contributed by atoms with E-state index in [1.165, 1.54) is 70.6 Å². The van der Waals surface area contributed by atoms with Crippen molar-refractivity contribution in [3.8, 4) is 0 Å². The molecule has 0 spiro atoms. The van der Waals surface area contributed by atoms with E-state index in [9.17, 15) is 43.2 Å². The van der Waals surface area contributed by atoms with Crippen molar-refractivity contribution in [3.63, 3.8) is 0 Å². The number of phosphoric acid groups is 2. The average Bonchev–Trinajstić information content (AvgIpc) is 1.14. The van der Waals surface area contributed by atoms with Crippen LogP contribution in [0, 0.1) is 0 Å². The summed E-state index contributed by atoms with van der Waals surface area (Å²) < 4.78 is 68.4. The standard InChI is InChI=1S/C77H136O17P2/c1-5-9-13-17-21-25-29-33-35-39-41-45-49-53-57-61-74(79)87-67-72(93-76(81)63-59-55-51-47-43-37-31-27-23-19-15-11-7-3)69-91-95(83,84)89-65-71(78)66-90-96(85,86)92-70-73(94-77(82)64-60-56-52-48-44-38-32-28-24-20-16-12-8-4)68-88-75(80)62-58-54-50-46-42-40-36-34-30-26-22-18-14-10-6-2/h9,13,15-16,19-21,25,27-28,31-33,35,71-73,78H,5-8,10-12,14,17-18,22-24,26,29-30,34,36-70H2,1-4H3,(H,83,84)(H,85,86)/b13-9-,19-15-,20-16-,25-21-,31-27-,32-28-,35-33-. The Hall–Kier alpha value is -3.76. The van der Waals surface area contributed by atoms with E-state index in [-0.39, 0.29) is 25.7 Å². The van der Waals surface area contributed by atoms with E-state index in [0.29, 0.717) is 25.7 Å². The summed E-state index contributed by atoms with van der Waals surface area (Å²) in [7, 11) is -9.95. The second kappa shape index (κ2) is 69.7. The molecular weight excluding hydrogens is 1260 g/mol. The molecule has 0 fully saturated rings. The lowest BCUT2D eigenvalue weighted by atomic mass is 10.0. The van der Waals surface area contributed by atoms with E-state index in [2.05, 4.69) is 113 Å². The van der Waals surface area contributed by atoms with Gasteiger partial charge < -0.3 is 33.8 Å². The van der Waals surface area contributed by atoms with Crippen LogP contribution < -0.4 is 0 Å². The smallest absolute Gasteiger partial charge is 0.462 e. The molecule has 0 saturated carbocycles. The Kier molecular flexibility index (Phi) is 67.0. The van der Waals surface area contributed by atoms with Crippen molar-refractivity contribution in [2.45, 2.75) is 341 Å². The van der Waals surface area contributed by atoms with E-state index < -0.39 is 97.5 Å². The molecule has 0 heterocycles. The van der Waals surface area contributed by atoms with Gasteiger partial charge in [-0.1, -0.05) is 273 Å². The summed E-state index contributed by atoms with van der Waals surface area (Å²) in [5, 5.41) is 10.6. The van der Waals surface area contributed by atoms with E-state index >= 15 is 0 Å². The van der Waals surface area contributed by atoms with E-state index in [1.54, 1.807) is 0 Å².